The maximum atomic E-state index is 11.0. The molecule has 0 rings (SSSR count). The molecule has 0 atom stereocenters. The van der Waals surface area contributed by atoms with E-state index in [4.69, 9.17) is 0 Å². The van der Waals surface area contributed by atoms with Crippen molar-refractivity contribution >= 4 is 0 Å². The molecule has 24 heavy (non-hydrogen) atoms. The summed E-state index contributed by atoms with van der Waals surface area (Å²) in [6.07, 6.45) is 17.5. The minimum absolute atomic E-state index is 0.293. The van der Waals surface area contributed by atoms with Crippen molar-refractivity contribution in [3.8, 4) is 0 Å². The van der Waals surface area contributed by atoms with E-state index in [-0.39, 0.29) is 5.41 Å². The van der Waals surface area contributed by atoms with E-state index in [9.17, 15) is 10.2 Å². The summed E-state index contributed by atoms with van der Waals surface area (Å²) in [4.78, 5) is 0. The Labute approximate surface area is 152 Å². The van der Waals surface area contributed by atoms with Gasteiger partial charge >= 0.3 is 0 Å². The quantitative estimate of drug-likeness (QED) is 0.221. The average molecular weight is 343 g/mol. The van der Waals surface area contributed by atoms with Crippen molar-refractivity contribution < 1.29 is 10.2 Å². The molecule has 0 heterocycles. The molecule has 0 spiro atoms. The van der Waals surface area contributed by atoms with Gasteiger partial charge in [0.05, 0.1) is 0 Å². The molecular formula is C22H46O2. The lowest BCUT2D eigenvalue weighted by molar-refractivity contribution is -0.256. The summed E-state index contributed by atoms with van der Waals surface area (Å²) in [5, 5.41) is 22.0. The van der Waals surface area contributed by atoms with Crippen LogP contribution in [0, 0.1) is 5.41 Å². The average Bonchev–Trinajstić information content (AvgIpc) is 2.57. The van der Waals surface area contributed by atoms with Crippen LogP contribution in [0.2, 0.25) is 0 Å². The third-order valence-corrected chi connectivity index (χ3v) is 5.75. The van der Waals surface area contributed by atoms with Crippen molar-refractivity contribution in [2.24, 2.45) is 5.41 Å². The van der Waals surface area contributed by atoms with E-state index in [0.717, 1.165) is 64.2 Å². The van der Waals surface area contributed by atoms with Gasteiger partial charge in [-0.25, -0.2) is 0 Å². The molecule has 0 aliphatic carbocycles. The lowest BCUT2D eigenvalue weighted by atomic mass is 9.66. The van der Waals surface area contributed by atoms with Crippen LogP contribution in [0.4, 0.5) is 0 Å². The molecule has 0 amide bonds. The Hall–Kier alpha value is -0.0800. The predicted octanol–water partition coefficient (Wildman–Crippen LogP) is 6.97. The molecule has 0 unspecified atom stereocenters. The summed E-state index contributed by atoms with van der Waals surface area (Å²) in [6, 6.07) is 0. The summed E-state index contributed by atoms with van der Waals surface area (Å²) < 4.78 is 0. The molecule has 0 aromatic rings. The van der Waals surface area contributed by atoms with Crippen LogP contribution in [0.25, 0.3) is 0 Å². The highest BCUT2D eigenvalue weighted by Gasteiger charge is 2.46. The first-order chi connectivity index (χ1) is 11.5. The first-order valence-electron chi connectivity index (χ1n) is 10.9. The Morgan fingerprint density at radius 3 is 1.33 bits per heavy atom. The van der Waals surface area contributed by atoms with Gasteiger partial charge in [-0.2, -0.15) is 0 Å². The maximum Gasteiger partial charge on any atom is 0.168 e. The highest BCUT2D eigenvalue weighted by molar-refractivity contribution is 4.91. The van der Waals surface area contributed by atoms with E-state index >= 15 is 0 Å². The fraction of sp³-hybridized carbons (Fsp3) is 1.00. The monoisotopic (exact) mass is 342 g/mol. The van der Waals surface area contributed by atoms with Crippen molar-refractivity contribution in [2.45, 2.75) is 136 Å². The molecule has 146 valence electrons. The van der Waals surface area contributed by atoms with Gasteiger partial charge in [-0.1, -0.05) is 98.3 Å². The van der Waals surface area contributed by atoms with Gasteiger partial charge in [-0.05, 0) is 25.7 Å². The molecule has 0 aromatic carbocycles. The smallest absolute Gasteiger partial charge is 0.168 e. The minimum Gasteiger partial charge on any atom is -0.365 e. The fourth-order valence-corrected chi connectivity index (χ4v) is 3.94. The van der Waals surface area contributed by atoms with Gasteiger partial charge in [0.1, 0.15) is 0 Å². The Kier molecular flexibility index (Phi) is 14.1. The number of unbranched alkanes of at least 4 members (excludes halogenated alkanes) is 8. The Balaban J connectivity index is 4.90. The van der Waals surface area contributed by atoms with Crippen LogP contribution in [0.3, 0.4) is 0 Å². The van der Waals surface area contributed by atoms with Gasteiger partial charge in [0.15, 0.2) is 5.79 Å². The zero-order valence-corrected chi connectivity index (χ0v) is 17.2. The molecule has 0 saturated carbocycles. The number of hydrogen-bond donors (Lipinski definition) is 2. The Morgan fingerprint density at radius 2 is 0.833 bits per heavy atom. The molecule has 0 saturated heterocycles. The molecule has 0 bridgehead atoms. The molecule has 2 heteroatoms. The standard InChI is InChI=1S/C22H46O2/c1-5-9-13-14-15-16-19-21(17-10-6-2,18-11-7-3)22(23,24)20-12-8-4/h23-24H,5-20H2,1-4H3. The van der Waals surface area contributed by atoms with Crippen LogP contribution < -0.4 is 0 Å². The van der Waals surface area contributed by atoms with Crippen LogP contribution >= 0.6 is 0 Å². The summed E-state index contributed by atoms with van der Waals surface area (Å²) in [6.45, 7) is 8.79. The Morgan fingerprint density at radius 1 is 0.458 bits per heavy atom. The molecule has 2 nitrogen and oxygen atoms in total. The van der Waals surface area contributed by atoms with E-state index in [1.165, 1.54) is 32.1 Å². The number of hydrogen-bond acceptors (Lipinski definition) is 2. The summed E-state index contributed by atoms with van der Waals surface area (Å²) in [7, 11) is 0. The predicted molar refractivity (Wildman–Crippen MR) is 106 cm³/mol. The van der Waals surface area contributed by atoms with Gasteiger partial charge in [-0.3, -0.25) is 0 Å². The van der Waals surface area contributed by atoms with Crippen LogP contribution in [-0.4, -0.2) is 16.0 Å². The second-order valence-electron chi connectivity index (χ2n) is 7.93. The largest absolute Gasteiger partial charge is 0.365 e. The minimum atomic E-state index is -1.49. The summed E-state index contributed by atoms with van der Waals surface area (Å²) in [5.74, 6) is -1.49. The lowest BCUT2D eigenvalue weighted by Crippen LogP contribution is -2.48. The highest BCUT2D eigenvalue weighted by atomic mass is 16.5. The van der Waals surface area contributed by atoms with Crippen molar-refractivity contribution in [1.29, 1.82) is 0 Å². The molecule has 0 aliphatic heterocycles. The second kappa shape index (κ2) is 14.1. The Bertz CT molecular complexity index is 265. The molecule has 0 radical (unpaired) electrons. The summed E-state index contributed by atoms with van der Waals surface area (Å²) >= 11 is 0. The van der Waals surface area contributed by atoms with Crippen molar-refractivity contribution in [3.63, 3.8) is 0 Å². The van der Waals surface area contributed by atoms with Crippen molar-refractivity contribution in [1.82, 2.24) is 0 Å². The van der Waals surface area contributed by atoms with Gasteiger partial charge in [-0.15, -0.1) is 0 Å². The number of aliphatic hydroxyl groups is 2. The molecule has 0 aliphatic rings. The zero-order chi connectivity index (χ0) is 18.3. The first kappa shape index (κ1) is 23.9. The van der Waals surface area contributed by atoms with Crippen molar-refractivity contribution in [2.75, 3.05) is 0 Å². The normalized spacial score (nSPS) is 12.8. The van der Waals surface area contributed by atoms with E-state index in [2.05, 4.69) is 27.7 Å². The van der Waals surface area contributed by atoms with E-state index in [1.807, 2.05) is 0 Å². The van der Waals surface area contributed by atoms with E-state index in [1.54, 1.807) is 0 Å². The zero-order valence-electron chi connectivity index (χ0n) is 17.2. The lowest BCUT2D eigenvalue weighted by Gasteiger charge is -2.45. The van der Waals surface area contributed by atoms with Gasteiger partial charge in [0, 0.05) is 11.8 Å². The van der Waals surface area contributed by atoms with E-state index < -0.39 is 5.79 Å². The van der Waals surface area contributed by atoms with Gasteiger partial charge in [0.25, 0.3) is 0 Å². The fourth-order valence-electron chi connectivity index (χ4n) is 3.94. The molecular weight excluding hydrogens is 296 g/mol. The summed E-state index contributed by atoms with van der Waals surface area (Å²) in [5.41, 5.74) is -0.293. The third-order valence-electron chi connectivity index (χ3n) is 5.75. The number of rotatable bonds is 17. The molecule has 0 aromatic heterocycles. The highest BCUT2D eigenvalue weighted by Crippen LogP contribution is 2.47. The third kappa shape index (κ3) is 8.85. The van der Waals surface area contributed by atoms with Crippen LogP contribution in [0.5, 0.6) is 0 Å². The SMILES string of the molecule is CCCCCCCCC(CCCC)(CCCC)C(O)(O)CCCC. The molecule has 0 fully saturated rings. The molecule has 2 N–H and O–H groups in total. The van der Waals surface area contributed by atoms with Crippen molar-refractivity contribution in [3.05, 3.63) is 0 Å². The van der Waals surface area contributed by atoms with E-state index in [0.29, 0.717) is 6.42 Å². The van der Waals surface area contributed by atoms with Crippen LogP contribution in [-0.2, 0) is 0 Å². The van der Waals surface area contributed by atoms with Gasteiger partial charge < -0.3 is 10.2 Å². The first-order valence-corrected chi connectivity index (χ1v) is 10.9. The topological polar surface area (TPSA) is 40.5 Å². The van der Waals surface area contributed by atoms with Gasteiger partial charge in [0.2, 0.25) is 0 Å². The van der Waals surface area contributed by atoms with Crippen LogP contribution in [0.1, 0.15) is 130 Å². The maximum absolute atomic E-state index is 11.0. The van der Waals surface area contributed by atoms with Crippen LogP contribution in [0.15, 0.2) is 0 Å². The second-order valence-corrected chi connectivity index (χ2v) is 7.93.